The molecule has 2 rings (SSSR count). The van der Waals surface area contributed by atoms with Gasteiger partial charge in [-0.1, -0.05) is 49.6 Å². The molecule has 0 heterocycles. The number of aryl methyl sites for hydroxylation is 1. The minimum atomic E-state index is 0.713. The Morgan fingerprint density at radius 2 is 2.00 bits per heavy atom. The van der Waals surface area contributed by atoms with Crippen molar-refractivity contribution in [2.75, 3.05) is 7.05 Å². The van der Waals surface area contributed by atoms with Gasteiger partial charge in [0.05, 0.1) is 0 Å². The lowest BCUT2D eigenvalue weighted by Gasteiger charge is -2.29. The fourth-order valence-corrected chi connectivity index (χ4v) is 2.50. The second-order valence-corrected chi connectivity index (χ2v) is 5.04. The summed E-state index contributed by atoms with van der Waals surface area (Å²) >= 11 is 0. The summed E-state index contributed by atoms with van der Waals surface area (Å²) in [6, 6.07) is 11.5. The van der Waals surface area contributed by atoms with Crippen molar-refractivity contribution in [3.63, 3.8) is 0 Å². The SMILES string of the molecule is CNC(CCc1ccccc1)CC1CCC1. The Labute approximate surface area is 99.3 Å². The highest BCUT2D eigenvalue weighted by molar-refractivity contribution is 5.14. The zero-order chi connectivity index (χ0) is 11.2. The van der Waals surface area contributed by atoms with Gasteiger partial charge in [0.15, 0.2) is 0 Å². The molecule has 1 aliphatic rings. The summed E-state index contributed by atoms with van der Waals surface area (Å²) in [7, 11) is 2.11. The predicted octanol–water partition coefficient (Wildman–Crippen LogP) is 3.40. The summed E-state index contributed by atoms with van der Waals surface area (Å²) in [6.45, 7) is 0. The van der Waals surface area contributed by atoms with Gasteiger partial charge in [0.1, 0.15) is 0 Å². The summed E-state index contributed by atoms with van der Waals surface area (Å²) in [5, 5.41) is 3.47. The van der Waals surface area contributed by atoms with E-state index in [-0.39, 0.29) is 0 Å². The molecule has 1 N–H and O–H groups in total. The Kier molecular flexibility index (Phi) is 4.41. The molecule has 1 atom stereocenters. The van der Waals surface area contributed by atoms with Crippen molar-refractivity contribution in [3.05, 3.63) is 35.9 Å². The first-order valence-corrected chi connectivity index (χ1v) is 6.59. The topological polar surface area (TPSA) is 12.0 Å². The van der Waals surface area contributed by atoms with Gasteiger partial charge in [-0.15, -0.1) is 0 Å². The zero-order valence-electron chi connectivity index (χ0n) is 10.3. The Bertz CT molecular complexity index is 290. The number of nitrogens with one attached hydrogen (secondary N) is 1. The van der Waals surface area contributed by atoms with Crippen LogP contribution in [0.15, 0.2) is 30.3 Å². The lowest BCUT2D eigenvalue weighted by Crippen LogP contribution is -2.30. The normalized spacial score (nSPS) is 18.1. The van der Waals surface area contributed by atoms with Crippen LogP contribution < -0.4 is 5.32 Å². The predicted molar refractivity (Wildman–Crippen MR) is 69.6 cm³/mol. The van der Waals surface area contributed by atoms with Crippen molar-refractivity contribution in [3.8, 4) is 0 Å². The number of hydrogen-bond acceptors (Lipinski definition) is 1. The Morgan fingerprint density at radius 1 is 1.25 bits per heavy atom. The summed E-state index contributed by atoms with van der Waals surface area (Å²) in [6.07, 6.45) is 8.24. The molecule has 0 spiro atoms. The van der Waals surface area contributed by atoms with Crippen LogP contribution >= 0.6 is 0 Å². The fraction of sp³-hybridized carbons (Fsp3) is 0.600. The van der Waals surface area contributed by atoms with Crippen molar-refractivity contribution < 1.29 is 0 Å². The van der Waals surface area contributed by atoms with E-state index in [9.17, 15) is 0 Å². The molecule has 0 amide bonds. The Hall–Kier alpha value is -0.820. The molecule has 1 aliphatic carbocycles. The highest BCUT2D eigenvalue weighted by Gasteiger charge is 2.20. The van der Waals surface area contributed by atoms with Gasteiger partial charge >= 0.3 is 0 Å². The van der Waals surface area contributed by atoms with E-state index in [1.807, 2.05) is 0 Å². The van der Waals surface area contributed by atoms with Gasteiger partial charge < -0.3 is 5.32 Å². The minimum Gasteiger partial charge on any atom is -0.317 e. The van der Waals surface area contributed by atoms with Crippen LogP contribution in [0.25, 0.3) is 0 Å². The van der Waals surface area contributed by atoms with Crippen LogP contribution in [-0.4, -0.2) is 13.1 Å². The molecule has 1 heteroatoms. The molecule has 0 aliphatic heterocycles. The van der Waals surface area contributed by atoms with E-state index in [1.54, 1.807) is 0 Å². The van der Waals surface area contributed by atoms with Gasteiger partial charge in [-0.2, -0.15) is 0 Å². The Balaban J connectivity index is 1.73. The quantitative estimate of drug-likeness (QED) is 0.770. The monoisotopic (exact) mass is 217 g/mol. The smallest absolute Gasteiger partial charge is 0.00698 e. The molecule has 1 unspecified atom stereocenters. The van der Waals surface area contributed by atoms with E-state index >= 15 is 0 Å². The maximum atomic E-state index is 3.47. The third-order valence-corrected chi connectivity index (χ3v) is 3.88. The molecule has 1 aromatic carbocycles. The highest BCUT2D eigenvalue weighted by atomic mass is 14.9. The lowest BCUT2D eigenvalue weighted by molar-refractivity contribution is 0.259. The van der Waals surface area contributed by atoms with E-state index in [2.05, 4.69) is 42.7 Å². The first kappa shape index (κ1) is 11.7. The van der Waals surface area contributed by atoms with Crippen molar-refractivity contribution in [2.45, 2.75) is 44.6 Å². The van der Waals surface area contributed by atoms with Gasteiger partial charge in [-0.3, -0.25) is 0 Å². The first-order chi connectivity index (χ1) is 7.88. The van der Waals surface area contributed by atoms with E-state index in [0.717, 1.165) is 5.92 Å². The lowest BCUT2D eigenvalue weighted by atomic mass is 9.80. The van der Waals surface area contributed by atoms with Crippen LogP contribution in [-0.2, 0) is 6.42 Å². The van der Waals surface area contributed by atoms with E-state index < -0.39 is 0 Å². The van der Waals surface area contributed by atoms with Crippen LogP contribution in [0.1, 0.15) is 37.7 Å². The van der Waals surface area contributed by atoms with Gasteiger partial charge in [0.2, 0.25) is 0 Å². The van der Waals surface area contributed by atoms with E-state index in [0.29, 0.717) is 6.04 Å². The third kappa shape index (κ3) is 3.34. The van der Waals surface area contributed by atoms with Crippen LogP contribution in [0.4, 0.5) is 0 Å². The maximum absolute atomic E-state index is 3.47. The maximum Gasteiger partial charge on any atom is 0.00698 e. The number of hydrogen-bond donors (Lipinski definition) is 1. The van der Waals surface area contributed by atoms with Crippen molar-refractivity contribution >= 4 is 0 Å². The molecule has 1 aromatic rings. The minimum absolute atomic E-state index is 0.713. The van der Waals surface area contributed by atoms with Gasteiger partial charge in [0, 0.05) is 6.04 Å². The molecule has 0 bridgehead atoms. The molecule has 88 valence electrons. The third-order valence-electron chi connectivity index (χ3n) is 3.88. The second-order valence-electron chi connectivity index (χ2n) is 5.04. The largest absolute Gasteiger partial charge is 0.317 e. The molecule has 1 fully saturated rings. The Morgan fingerprint density at radius 3 is 2.56 bits per heavy atom. The molecule has 1 nitrogen and oxygen atoms in total. The van der Waals surface area contributed by atoms with Crippen LogP contribution in [0.5, 0.6) is 0 Å². The van der Waals surface area contributed by atoms with Crippen molar-refractivity contribution in [1.82, 2.24) is 5.32 Å². The van der Waals surface area contributed by atoms with Crippen molar-refractivity contribution in [1.29, 1.82) is 0 Å². The van der Waals surface area contributed by atoms with Crippen LogP contribution in [0.2, 0.25) is 0 Å². The molecule has 0 saturated heterocycles. The first-order valence-electron chi connectivity index (χ1n) is 6.59. The number of benzene rings is 1. The van der Waals surface area contributed by atoms with Gasteiger partial charge in [-0.25, -0.2) is 0 Å². The zero-order valence-corrected chi connectivity index (χ0v) is 10.3. The van der Waals surface area contributed by atoms with E-state index in [1.165, 1.54) is 44.1 Å². The summed E-state index contributed by atoms with van der Waals surface area (Å²) in [5.74, 6) is 1.01. The average Bonchev–Trinajstić information content (AvgIpc) is 2.28. The number of rotatable bonds is 6. The molecule has 0 aromatic heterocycles. The van der Waals surface area contributed by atoms with Crippen LogP contribution in [0, 0.1) is 5.92 Å². The summed E-state index contributed by atoms with van der Waals surface area (Å²) in [4.78, 5) is 0. The molecular weight excluding hydrogens is 194 g/mol. The van der Waals surface area contributed by atoms with Gasteiger partial charge in [0.25, 0.3) is 0 Å². The van der Waals surface area contributed by atoms with E-state index in [4.69, 9.17) is 0 Å². The molecule has 16 heavy (non-hydrogen) atoms. The molecule has 0 radical (unpaired) electrons. The van der Waals surface area contributed by atoms with Crippen molar-refractivity contribution in [2.24, 2.45) is 5.92 Å². The standard InChI is InChI=1S/C15H23N/c1-16-15(12-14-8-5-9-14)11-10-13-6-3-2-4-7-13/h2-4,6-7,14-16H,5,8-12H2,1H3. The second kappa shape index (κ2) is 6.05. The average molecular weight is 217 g/mol. The molecular formula is C15H23N. The molecule has 1 saturated carbocycles. The summed E-state index contributed by atoms with van der Waals surface area (Å²) < 4.78 is 0. The fourth-order valence-electron chi connectivity index (χ4n) is 2.50. The highest BCUT2D eigenvalue weighted by Crippen LogP contribution is 2.31. The van der Waals surface area contributed by atoms with Crippen LogP contribution in [0.3, 0.4) is 0 Å². The summed E-state index contributed by atoms with van der Waals surface area (Å²) in [5.41, 5.74) is 1.47. The van der Waals surface area contributed by atoms with Gasteiger partial charge in [-0.05, 0) is 37.8 Å².